The lowest BCUT2D eigenvalue weighted by molar-refractivity contribution is -0.137. The standard InChI is InChI=1S/C26H24ClN5O6S/c1-32(13-12-23(33)34)26(35)16-6-5-7-18(14-16)39(36,37)31-25-24(28-20-8-3-4-9-21(20)29-25)30-22-15-17(38-2)10-11-19(22)27/h3-11,14-15H,12-13H2,1-2H3,(H,28,30)(H,29,31)(H,33,34). The van der Waals surface area contributed by atoms with Gasteiger partial charge in [0.05, 0.1) is 40.2 Å². The molecule has 39 heavy (non-hydrogen) atoms. The molecule has 4 aromatic rings. The maximum atomic E-state index is 13.4. The topological polar surface area (TPSA) is 151 Å². The first-order chi connectivity index (χ1) is 18.6. The molecule has 0 bridgehead atoms. The normalized spacial score (nSPS) is 11.2. The molecular formula is C26H24ClN5O6S. The summed E-state index contributed by atoms with van der Waals surface area (Å²) in [5.41, 5.74) is 1.45. The maximum absolute atomic E-state index is 13.4. The van der Waals surface area contributed by atoms with Crippen LogP contribution in [0.4, 0.5) is 17.3 Å². The van der Waals surface area contributed by atoms with E-state index in [4.69, 9.17) is 21.4 Å². The van der Waals surface area contributed by atoms with Gasteiger partial charge < -0.3 is 20.1 Å². The monoisotopic (exact) mass is 569 g/mol. The first-order valence-electron chi connectivity index (χ1n) is 11.5. The zero-order valence-corrected chi connectivity index (χ0v) is 22.5. The Morgan fingerprint density at radius 2 is 1.69 bits per heavy atom. The Labute approximate surface area is 229 Å². The highest BCUT2D eigenvalue weighted by Crippen LogP contribution is 2.32. The highest BCUT2D eigenvalue weighted by atomic mass is 35.5. The van der Waals surface area contributed by atoms with Crippen molar-refractivity contribution in [1.82, 2.24) is 14.9 Å². The number of para-hydroxylation sites is 2. The first kappa shape index (κ1) is 27.6. The number of anilines is 3. The SMILES string of the molecule is COc1ccc(Cl)c(Nc2nc3ccccc3nc2NS(=O)(=O)c2cccc(C(=O)N(C)CCC(=O)O)c2)c1. The maximum Gasteiger partial charge on any atom is 0.305 e. The molecule has 0 unspecified atom stereocenters. The Kier molecular flexibility index (Phi) is 8.17. The number of sulfonamides is 1. The van der Waals surface area contributed by atoms with Crippen molar-refractivity contribution in [3.63, 3.8) is 0 Å². The van der Waals surface area contributed by atoms with E-state index in [1.807, 2.05) is 0 Å². The van der Waals surface area contributed by atoms with Crippen molar-refractivity contribution in [2.45, 2.75) is 11.3 Å². The molecule has 1 aromatic heterocycles. The van der Waals surface area contributed by atoms with E-state index in [9.17, 15) is 18.0 Å². The zero-order valence-electron chi connectivity index (χ0n) is 20.9. The molecule has 13 heteroatoms. The Morgan fingerprint density at radius 1 is 1.00 bits per heavy atom. The number of fused-ring (bicyclic) bond motifs is 1. The molecule has 0 aliphatic heterocycles. The van der Waals surface area contributed by atoms with Gasteiger partial charge in [0.2, 0.25) is 0 Å². The molecule has 202 valence electrons. The van der Waals surface area contributed by atoms with Gasteiger partial charge in [0, 0.05) is 25.2 Å². The van der Waals surface area contributed by atoms with Gasteiger partial charge in [-0.3, -0.25) is 14.3 Å². The summed E-state index contributed by atoms with van der Waals surface area (Å²) in [6.45, 7) is -0.0298. The predicted octanol–water partition coefficient (Wildman–Crippen LogP) is 4.38. The molecule has 1 amide bonds. The van der Waals surface area contributed by atoms with Crippen LogP contribution in [0, 0.1) is 0 Å². The van der Waals surface area contributed by atoms with Gasteiger partial charge in [-0.15, -0.1) is 0 Å². The molecule has 0 aliphatic carbocycles. The van der Waals surface area contributed by atoms with E-state index < -0.39 is 21.9 Å². The minimum Gasteiger partial charge on any atom is -0.497 e. The van der Waals surface area contributed by atoms with Gasteiger partial charge >= 0.3 is 5.97 Å². The number of methoxy groups -OCH3 is 1. The molecule has 11 nitrogen and oxygen atoms in total. The van der Waals surface area contributed by atoms with Crippen molar-refractivity contribution < 1.29 is 27.9 Å². The van der Waals surface area contributed by atoms with Gasteiger partial charge in [-0.2, -0.15) is 0 Å². The number of carbonyl (C=O) groups excluding carboxylic acids is 1. The fourth-order valence-electron chi connectivity index (χ4n) is 3.58. The van der Waals surface area contributed by atoms with Crippen LogP contribution in [0.1, 0.15) is 16.8 Å². The summed E-state index contributed by atoms with van der Waals surface area (Å²) < 4.78 is 34.5. The van der Waals surface area contributed by atoms with Crippen LogP contribution in [0.25, 0.3) is 11.0 Å². The number of ether oxygens (including phenoxy) is 1. The molecule has 0 spiro atoms. The molecule has 0 radical (unpaired) electrons. The predicted molar refractivity (Wildman–Crippen MR) is 147 cm³/mol. The van der Waals surface area contributed by atoms with Crippen molar-refractivity contribution in [2.24, 2.45) is 0 Å². The molecule has 4 rings (SSSR count). The Hall–Kier alpha value is -4.42. The first-order valence-corrected chi connectivity index (χ1v) is 13.4. The van der Waals surface area contributed by atoms with Crippen molar-refractivity contribution in [2.75, 3.05) is 30.7 Å². The van der Waals surface area contributed by atoms with Crippen LogP contribution >= 0.6 is 11.6 Å². The number of benzene rings is 3. The molecule has 0 fully saturated rings. The van der Waals surface area contributed by atoms with Crippen molar-refractivity contribution >= 4 is 61.9 Å². The Bertz CT molecular complexity index is 1660. The summed E-state index contributed by atoms with van der Waals surface area (Å²) in [6, 6.07) is 17.3. The average molecular weight is 570 g/mol. The van der Waals surface area contributed by atoms with Gasteiger partial charge in [0.1, 0.15) is 5.75 Å². The van der Waals surface area contributed by atoms with Crippen LogP contribution in [0.2, 0.25) is 5.02 Å². The number of aliphatic carboxylic acids is 1. The second kappa shape index (κ2) is 11.5. The van der Waals surface area contributed by atoms with E-state index in [1.165, 1.54) is 43.3 Å². The van der Waals surface area contributed by atoms with E-state index in [2.05, 4.69) is 20.0 Å². The number of carbonyl (C=O) groups is 2. The van der Waals surface area contributed by atoms with Gasteiger partial charge in [0.25, 0.3) is 15.9 Å². The lowest BCUT2D eigenvalue weighted by Crippen LogP contribution is -2.29. The van der Waals surface area contributed by atoms with E-state index in [1.54, 1.807) is 42.5 Å². The van der Waals surface area contributed by atoms with Gasteiger partial charge in [-0.25, -0.2) is 18.4 Å². The van der Waals surface area contributed by atoms with Crippen LogP contribution < -0.4 is 14.8 Å². The molecule has 0 aliphatic rings. The third-order valence-electron chi connectivity index (χ3n) is 5.63. The number of halogens is 1. The van der Waals surface area contributed by atoms with Crippen LogP contribution in [0.3, 0.4) is 0 Å². The second-order valence-corrected chi connectivity index (χ2v) is 10.5. The Morgan fingerprint density at radius 3 is 2.36 bits per heavy atom. The number of rotatable bonds is 10. The van der Waals surface area contributed by atoms with E-state index in [-0.39, 0.29) is 35.1 Å². The number of hydrogen-bond donors (Lipinski definition) is 3. The fourth-order valence-corrected chi connectivity index (χ4v) is 4.80. The molecular weight excluding hydrogens is 546 g/mol. The molecule has 1 heterocycles. The largest absolute Gasteiger partial charge is 0.497 e. The summed E-state index contributed by atoms with van der Waals surface area (Å²) in [5, 5.41) is 12.2. The second-order valence-electron chi connectivity index (χ2n) is 8.38. The molecule has 0 atom stereocenters. The number of aromatic nitrogens is 2. The van der Waals surface area contributed by atoms with Crippen molar-refractivity contribution in [1.29, 1.82) is 0 Å². The molecule has 0 saturated heterocycles. The molecule has 0 saturated carbocycles. The van der Waals surface area contributed by atoms with E-state index >= 15 is 0 Å². The smallest absolute Gasteiger partial charge is 0.305 e. The zero-order chi connectivity index (χ0) is 28.2. The minimum atomic E-state index is -4.24. The fraction of sp³-hybridized carbons (Fsp3) is 0.154. The quantitative estimate of drug-likeness (QED) is 0.252. The van der Waals surface area contributed by atoms with Crippen LogP contribution in [0.5, 0.6) is 5.75 Å². The number of amides is 1. The van der Waals surface area contributed by atoms with Crippen molar-refractivity contribution in [3.05, 3.63) is 77.3 Å². The van der Waals surface area contributed by atoms with E-state index in [0.29, 0.717) is 27.5 Å². The number of hydrogen-bond acceptors (Lipinski definition) is 8. The van der Waals surface area contributed by atoms with Crippen molar-refractivity contribution in [3.8, 4) is 5.75 Å². The highest BCUT2D eigenvalue weighted by Gasteiger charge is 2.22. The Balaban J connectivity index is 1.69. The third kappa shape index (κ3) is 6.54. The van der Waals surface area contributed by atoms with Crippen LogP contribution in [0.15, 0.2) is 71.6 Å². The molecule has 3 aromatic carbocycles. The van der Waals surface area contributed by atoms with E-state index in [0.717, 1.165) is 0 Å². The minimum absolute atomic E-state index is 0.0298. The summed E-state index contributed by atoms with van der Waals surface area (Å²) >= 11 is 6.34. The summed E-state index contributed by atoms with van der Waals surface area (Å²) in [6.07, 6.45) is -0.241. The van der Waals surface area contributed by atoms with Gasteiger partial charge in [0.15, 0.2) is 11.6 Å². The number of carboxylic acid groups (broad SMARTS) is 1. The van der Waals surface area contributed by atoms with Crippen LogP contribution in [-0.4, -0.2) is 61.0 Å². The number of nitrogens with one attached hydrogen (secondary N) is 2. The molecule has 3 N–H and O–H groups in total. The van der Waals surface area contributed by atoms with Crippen LogP contribution in [-0.2, 0) is 14.8 Å². The number of carboxylic acids is 1. The van der Waals surface area contributed by atoms with Gasteiger partial charge in [-0.1, -0.05) is 29.8 Å². The van der Waals surface area contributed by atoms with Gasteiger partial charge in [-0.05, 0) is 42.5 Å². The lowest BCUT2D eigenvalue weighted by atomic mass is 10.2. The number of nitrogens with zero attached hydrogens (tertiary/aromatic N) is 3. The average Bonchev–Trinajstić information content (AvgIpc) is 2.92. The summed E-state index contributed by atoms with van der Waals surface area (Å²) in [4.78, 5) is 33.6. The summed E-state index contributed by atoms with van der Waals surface area (Å²) in [7, 11) is -1.30. The lowest BCUT2D eigenvalue weighted by Gasteiger charge is -2.17. The summed E-state index contributed by atoms with van der Waals surface area (Å²) in [5.74, 6) is -1.05. The third-order valence-corrected chi connectivity index (χ3v) is 7.29. The highest BCUT2D eigenvalue weighted by molar-refractivity contribution is 7.92.